The van der Waals surface area contributed by atoms with E-state index >= 15 is 0 Å². The average molecular weight is 321 g/mol. The molecule has 100 valence electrons. The fourth-order valence-corrected chi connectivity index (χ4v) is 2.25. The zero-order chi connectivity index (χ0) is 13.7. The Morgan fingerprint density at radius 3 is 2.53 bits per heavy atom. The lowest BCUT2D eigenvalue weighted by Crippen LogP contribution is -2.10. The molecule has 1 unspecified atom stereocenters. The van der Waals surface area contributed by atoms with Gasteiger partial charge in [-0.1, -0.05) is 30.3 Å². The Labute approximate surface area is 121 Å². The van der Waals surface area contributed by atoms with E-state index in [1.165, 1.54) is 5.56 Å². The van der Waals surface area contributed by atoms with E-state index in [9.17, 15) is 0 Å². The SMILES string of the molecule is CCNc1ncnc(NC(C)c2ccccc2)c1Br. The smallest absolute Gasteiger partial charge is 0.146 e. The molecular weight excluding hydrogens is 304 g/mol. The third-order valence-electron chi connectivity index (χ3n) is 2.79. The third-order valence-corrected chi connectivity index (χ3v) is 3.54. The second kappa shape index (κ2) is 6.52. The second-order valence-electron chi connectivity index (χ2n) is 4.19. The highest BCUT2D eigenvalue weighted by Crippen LogP contribution is 2.29. The van der Waals surface area contributed by atoms with Crippen LogP contribution in [0.3, 0.4) is 0 Å². The van der Waals surface area contributed by atoms with Crippen LogP contribution in [0.2, 0.25) is 0 Å². The van der Waals surface area contributed by atoms with Gasteiger partial charge in [-0.05, 0) is 35.3 Å². The molecular formula is C14H17BrN4. The number of rotatable bonds is 5. The molecule has 1 atom stereocenters. The van der Waals surface area contributed by atoms with Gasteiger partial charge in [-0.2, -0.15) is 0 Å². The van der Waals surface area contributed by atoms with Crippen LogP contribution in [0.15, 0.2) is 41.1 Å². The molecule has 19 heavy (non-hydrogen) atoms. The van der Waals surface area contributed by atoms with E-state index in [1.807, 2.05) is 25.1 Å². The van der Waals surface area contributed by atoms with Gasteiger partial charge < -0.3 is 10.6 Å². The highest BCUT2D eigenvalue weighted by molar-refractivity contribution is 9.10. The Hall–Kier alpha value is -1.62. The molecule has 0 spiro atoms. The summed E-state index contributed by atoms with van der Waals surface area (Å²) in [5, 5.41) is 6.58. The molecule has 4 nitrogen and oxygen atoms in total. The Bertz CT molecular complexity index is 530. The summed E-state index contributed by atoms with van der Waals surface area (Å²) in [6.45, 7) is 4.97. The van der Waals surface area contributed by atoms with Crippen LogP contribution in [0, 0.1) is 0 Å². The van der Waals surface area contributed by atoms with Crippen molar-refractivity contribution in [1.82, 2.24) is 9.97 Å². The normalized spacial score (nSPS) is 11.9. The standard InChI is InChI=1S/C14H17BrN4/c1-3-16-13-12(15)14(18-9-17-13)19-10(2)11-7-5-4-6-8-11/h4-10H,3H2,1-2H3,(H2,16,17,18,19). The molecule has 0 amide bonds. The maximum atomic E-state index is 4.28. The predicted molar refractivity (Wildman–Crippen MR) is 82.4 cm³/mol. The van der Waals surface area contributed by atoms with Crippen molar-refractivity contribution in [2.24, 2.45) is 0 Å². The number of nitrogens with one attached hydrogen (secondary N) is 2. The highest BCUT2D eigenvalue weighted by atomic mass is 79.9. The number of anilines is 2. The summed E-state index contributed by atoms with van der Waals surface area (Å²) in [5.41, 5.74) is 1.22. The van der Waals surface area contributed by atoms with Crippen LogP contribution < -0.4 is 10.6 Å². The topological polar surface area (TPSA) is 49.8 Å². The average Bonchev–Trinajstić information content (AvgIpc) is 2.44. The number of nitrogens with zero attached hydrogens (tertiary/aromatic N) is 2. The van der Waals surface area contributed by atoms with Crippen molar-refractivity contribution in [3.63, 3.8) is 0 Å². The van der Waals surface area contributed by atoms with E-state index in [1.54, 1.807) is 6.33 Å². The number of halogens is 1. The molecule has 1 heterocycles. The molecule has 2 aromatic rings. The van der Waals surface area contributed by atoms with Gasteiger partial charge in [0.1, 0.15) is 22.4 Å². The van der Waals surface area contributed by atoms with Crippen molar-refractivity contribution in [2.45, 2.75) is 19.9 Å². The molecule has 1 aromatic carbocycles. The Morgan fingerprint density at radius 1 is 1.16 bits per heavy atom. The van der Waals surface area contributed by atoms with Gasteiger partial charge in [-0.25, -0.2) is 9.97 Å². The van der Waals surface area contributed by atoms with Crippen molar-refractivity contribution in [1.29, 1.82) is 0 Å². The van der Waals surface area contributed by atoms with Crippen molar-refractivity contribution in [3.8, 4) is 0 Å². The minimum atomic E-state index is 0.182. The van der Waals surface area contributed by atoms with E-state index in [-0.39, 0.29) is 6.04 Å². The summed E-state index contributed by atoms with van der Waals surface area (Å²) in [6.07, 6.45) is 1.56. The number of benzene rings is 1. The molecule has 2 rings (SSSR count). The summed E-state index contributed by atoms with van der Waals surface area (Å²) in [7, 11) is 0. The zero-order valence-electron chi connectivity index (χ0n) is 11.0. The van der Waals surface area contributed by atoms with Crippen molar-refractivity contribution >= 4 is 27.6 Å². The fourth-order valence-electron chi connectivity index (χ4n) is 1.79. The van der Waals surface area contributed by atoms with Gasteiger partial charge in [0.2, 0.25) is 0 Å². The number of aromatic nitrogens is 2. The second-order valence-corrected chi connectivity index (χ2v) is 4.98. The Balaban J connectivity index is 2.17. The summed E-state index contributed by atoms with van der Waals surface area (Å²) >= 11 is 3.53. The van der Waals surface area contributed by atoms with Crippen LogP contribution in [0.5, 0.6) is 0 Å². The number of hydrogen-bond donors (Lipinski definition) is 2. The van der Waals surface area contributed by atoms with E-state index in [4.69, 9.17) is 0 Å². The molecule has 0 aliphatic rings. The van der Waals surface area contributed by atoms with Crippen LogP contribution in [0.4, 0.5) is 11.6 Å². The minimum Gasteiger partial charge on any atom is -0.369 e. The van der Waals surface area contributed by atoms with Gasteiger partial charge in [-0.3, -0.25) is 0 Å². The molecule has 1 aromatic heterocycles. The molecule has 0 saturated heterocycles. The van der Waals surface area contributed by atoms with Crippen molar-refractivity contribution in [2.75, 3.05) is 17.2 Å². The molecule has 0 bridgehead atoms. The lowest BCUT2D eigenvalue weighted by Gasteiger charge is -2.17. The summed E-state index contributed by atoms with van der Waals surface area (Å²) in [4.78, 5) is 8.48. The van der Waals surface area contributed by atoms with Gasteiger partial charge in [0.15, 0.2) is 0 Å². The molecule has 2 N–H and O–H groups in total. The van der Waals surface area contributed by atoms with Crippen LogP contribution in [0.25, 0.3) is 0 Å². The van der Waals surface area contributed by atoms with Gasteiger partial charge in [0, 0.05) is 12.6 Å². The molecule has 5 heteroatoms. The first-order valence-electron chi connectivity index (χ1n) is 6.28. The first-order chi connectivity index (χ1) is 9.22. The van der Waals surface area contributed by atoms with Crippen LogP contribution in [0.1, 0.15) is 25.5 Å². The lowest BCUT2D eigenvalue weighted by atomic mass is 10.1. The number of hydrogen-bond acceptors (Lipinski definition) is 4. The van der Waals surface area contributed by atoms with Gasteiger partial charge >= 0.3 is 0 Å². The van der Waals surface area contributed by atoms with Crippen LogP contribution in [-0.2, 0) is 0 Å². The maximum absolute atomic E-state index is 4.28. The highest BCUT2D eigenvalue weighted by Gasteiger charge is 2.11. The first-order valence-corrected chi connectivity index (χ1v) is 7.07. The van der Waals surface area contributed by atoms with Crippen LogP contribution in [-0.4, -0.2) is 16.5 Å². The quantitative estimate of drug-likeness (QED) is 0.878. The van der Waals surface area contributed by atoms with Crippen LogP contribution >= 0.6 is 15.9 Å². The molecule has 0 saturated carbocycles. The molecule has 0 fully saturated rings. The minimum absolute atomic E-state index is 0.182. The van der Waals surface area contributed by atoms with E-state index in [0.717, 1.165) is 22.7 Å². The lowest BCUT2D eigenvalue weighted by molar-refractivity contribution is 0.869. The maximum Gasteiger partial charge on any atom is 0.146 e. The largest absolute Gasteiger partial charge is 0.369 e. The molecule has 0 aliphatic carbocycles. The molecule has 0 aliphatic heterocycles. The monoisotopic (exact) mass is 320 g/mol. The predicted octanol–water partition coefficient (Wildman–Crippen LogP) is 3.84. The summed E-state index contributed by atoms with van der Waals surface area (Å²) in [6, 6.07) is 10.5. The van der Waals surface area contributed by atoms with Gasteiger partial charge in [-0.15, -0.1) is 0 Å². The van der Waals surface area contributed by atoms with Crippen molar-refractivity contribution < 1.29 is 0 Å². The summed E-state index contributed by atoms with van der Waals surface area (Å²) < 4.78 is 0.861. The Morgan fingerprint density at radius 2 is 1.84 bits per heavy atom. The first kappa shape index (κ1) is 13.8. The summed E-state index contributed by atoms with van der Waals surface area (Å²) in [5.74, 6) is 1.60. The van der Waals surface area contributed by atoms with Gasteiger partial charge in [0.25, 0.3) is 0 Å². The van der Waals surface area contributed by atoms with Crippen molar-refractivity contribution in [3.05, 3.63) is 46.7 Å². The fraction of sp³-hybridized carbons (Fsp3) is 0.286. The molecule has 0 radical (unpaired) electrons. The van der Waals surface area contributed by atoms with Gasteiger partial charge in [0.05, 0.1) is 0 Å². The third kappa shape index (κ3) is 3.44. The van der Waals surface area contributed by atoms with E-state index in [2.05, 4.69) is 55.6 Å². The van der Waals surface area contributed by atoms with E-state index < -0.39 is 0 Å². The zero-order valence-corrected chi connectivity index (χ0v) is 12.6. The Kier molecular flexibility index (Phi) is 4.74. The van der Waals surface area contributed by atoms with E-state index in [0.29, 0.717) is 0 Å².